The minimum Gasteiger partial charge on any atom is -0.493 e. The quantitative estimate of drug-likeness (QED) is 0.858. The Kier molecular flexibility index (Phi) is 3.59. The Bertz CT molecular complexity index is 698. The fourth-order valence-corrected chi connectivity index (χ4v) is 3.33. The number of Topliss-reactive ketones (excluding diaryl/α,β-unsaturated/α-hetero) is 1. The number of fused-ring (bicyclic) bond motifs is 1. The Balaban J connectivity index is 1.87. The van der Waals surface area contributed by atoms with Crippen LogP contribution in [0.2, 0.25) is 0 Å². The molecule has 0 fully saturated rings. The van der Waals surface area contributed by atoms with Crippen LogP contribution in [0.5, 0.6) is 11.5 Å². The van der Waals surface area contributed by atoms with Gasteiger partial charge in [0.25, 0.3) is 5.22 Å². The van der Waals surface area contributed by atoms with E-state index >= 15 is 0 Å². The minimum atomic E-state index is -0.253. The zero-order valence-electron chi connectivity index (χ0n) is 11.9. The largest absolute Gasteiger partial charge is 0.493 e. The molecule has 3 rings (SSSR count). The Hall–Kier alpha value is -2.02. The second-order valence-corrected chi connectivity index (χ2v) is 5.78. The van der Waals surface area contributed by atoms with E-state index in [1.54, 1.807) is 27.2 Å². The van der Waals surface area contributed by atoms with E-state index in [1.807, 2.05) is 6.07 Å². The highest BCUT2D eigenvalue weighted by Crippen LogP contribution is 2.39. The molecule has 7 heteroatoms. The molecule has 6 nitrogen and oxygen atoms in total. The number of thioether (sulfide) groups is 1. The van der Waals surface area contributed by atoms with Crippen molar-refractivity contribution >= 4 is 17.5 Å². The lowest BCUT2D eigenvalue weighted by Crippen LogP contribution is -2.11. The van der Waals surface area contributed by atoms with Crippen LogP contribution in [0.15, 0.2) is 21.8 Å². The predicted octanol–water partition coefficient (Wildman–Crippen LogP) is 2.29. The molecule has 1 aliphatic carbocycles. The first-order valence-electron chi connectivity index (χ1n) is 6.38. The number of carbonyl (C=O) groups excluding carboxylic acids is 1. The number of benzene rings is 1. The number of nitrogens with zero attached hydrogens (tertiary/aromatic N) is 2. The van der Waals surface area contributed by atoms with Gasteiger partial charge in [-0.15, -0.1) is 10.2 Å². The normalized spacial score (nSPS) is 16.9. The Morgan fingerprint density at radius 2 is 1.95 bits per heavy atom. The van der Waals surface area contributed by atoms with Crippen molar-refractivity contribution in [3.05, 3.63) is 29.2 Å². The van der Waals surface area contributed by atoms with Gasteiger partial charge in [-0.1, -0.05) is 11.8 Å². The average molecular weight is 306 g/mol. The molecule has 1 heterocycles. The molecule has 0 radical (unpaired) electrons. The highest BCUT2D eigenvalue weighted by atomic mass is 32.2. The Morgan fingerprint density at radius 1 is 1.24 bits per heavy atom. The first kappa shape index (κ1) is 13.9. The number of hydrogen-bond donors (Lipinski definition) is 0. The van der Waals surface area contributed by atoms with Crippen LogP contribution in [0, 0.1) is 6.92 Å². The van der Waals surface area contributed by atoms with Crippen LogP contribution in [0.3, 0.4) is 0 Å². The summed E-state index contributed by atoms with van der Waals surface area (Å²) in [5, 5.41) is 7.85. The van der Waals surface area contributed by atoms with E-state index in [4.69, 9.17) is 13.9 Å². The molecule has 0 N–H and O–H groups in total. The molecule has 0 bridgehead atoms. The standard InChI is InChI=1S/C14H14N2O4S/c1-7-15-16-14(20-7)21-12-5-8-4-10(18-2)11(19-3)6-9(8)13(12)17/h4,6,12H,5H2,1-3H3/t12-/m1/s1. The van der Waals surface area contributed by atoms with Gasteiger partial charge in [0.2, 0.25) is 5.89 Å². The van der Waals surface area contributed by atoms with Crippen molar-refractivity contribution in [2.75, 3.05) is 14.2 Å². The van der Waals surface area contributed by atoms with Gasteiger partial charge in [-0.25, -0.2) is 0 Å². The fourth-order valence-electron chi connectivity index (χ4n) is 2.33. The second-order valence-electron chi connectivity index (χ2n) is 4.63. The summed E-state index contributed by atoms with van der Waals surface area (Å²) in [6.07, 6.45) is 0.612. The van der Waals surface area contributed by atoms with Crippen molar-refractivity contribution in [3.8, 4) is 11.5 Å². The molecule has 0 spiro atoms. The van der Waals surface area contributed by atoms with Gasteiger partial charge in [0.05, 0.1) is 19.5 Å². The third-order valence-corrected chi connectivity index (χ3v) is 4.36. The Labute approximate surface area is 125 Å². The number of rotatable bonds is 4. The number of hydrogen-bond acceptors (Lipinski definition) is 7. The van der Waals surface area contributed by atoms with Gasteiger partial charge in [-0.3, -0.25) is 4.79 Å². The average Bonchev–Trinajstić information content (AvgIpc) is 3.02. The number of ketones is 1. The molecule has 110 valence electrons. The zero-order valence-corrected chi connectivity index (χ0v) is 12.7. The van der Waals surface area contributed by atoms with E-state index in [2.05, 4.69) is 10.2 Å². The lowest BCUT2D eigenvalue weighted by molar-refractivity contribution is 0.0999. The van der Waals surface area contributed by atoms with Gasteiger partial charge in [0.15, 0.2) is 17.3 Å². The van der Waals surface area contributed by atoms with Crippen LogP contribution in [-0.4, -0.2) is 35.5 Å². The van der Waals surface area contributed by atoms with Crippen LogP contribution in [0.4, 0.5) is 0 Å². The summed E-state index contributed by atoms with van der Waals surface area (Å²) in [7, 11) is 3.13. The molecule has 21 heavy (non-hydrogen) atoms. The highest BCUT2D eigenvalue weighted by molar-refractivity contribution is 8.00. The van der Waals surface area contributed by atoms with Crippen LogP contribution < -0.4 is 9.47 Å². The Morgan fingerprint density at radius 3 is 2.57 bits per heavy atom. The lowest BCUT2D eigenvalue weighted by atomic mass is 10.1. The van der Waals surface area contributed by atoms with Gasteiger partial charge in [-0.05, 0) is 24.1 Å². The molecule has 0 saturated carbocycles. The minimum absolute atomic E-state index is 0.0480. The van der Waals surface area contributed by atoms with Gasteiger partial charge in [-0.2, -0.15) is 0 Å². The molecule has 0 unspecified atom stereocenters. The molecule has 1 atom stereocenters. The van der Waals surface area contributed by atoms with Crippen LogP contribution in [-0.2, 0) is 6.42 Å². The maximum atomic E-state index is 12.5. The molecular weight excluding hydrogens is 292 g/mol. The van der Waals surface area contributed by atoms with E-state index in [0.717, 1.165) is 5.56 Å². The van der Waals surface area contributed by atoms with Gasteiger partial charge in [0, 0.05) is 12.5 Å². The summed E-state index contributed by atoms with van der Waals surface area (Å²) in [6.45, 7) is 1.72. The summed E-state index contributed by atoms with van der Waals surface area (Å²) in [4.78, 5) is 12.5. The number of methoxy groups -OCH3 is 2. The summed E-state index contributed by atoms with van der Waals surface area (Å²) in [5.41, 5.74) is 1.62. The van der Waals surface area contributed by atoms with E-state index in [0.29, 0.717) is 34.6 Å². The highest BCUT2D eigenvalue weighted by Gasteiger charge is 2.34. The topological polar surface area (TPSA) is 74.5 Å². The SMILES string of the molecule is COc1cc2c(cc1OC)C(=O)[C@H](Sc1nnc(C)o1)C2. The van der Waals surface area contributed by atoms with Gasteiger partial charge >= 0.3 is 0 Å². The monoisotopic (exact) mass is 306 g/mol. The van der Waals surface area contributed by atoms with Crippen molar-refractivity contribution in [1.82, 2.24) is 10.2 Å². The second kappa shape index (κ2) is 5.40. The van der Waals surface area contributed by atoms with Crippen molar-refractivity contribution in [1.29, 1.82) is 0 Å². The predicted molar refractivity (Wildman–Crippen MR) is 76.3 cm³/mol. The third kappa shape index (κ3) is 2.49. The maximum absolute atomic E-state index is 12.5. The summed E-state index contributed by atoms with van der Waals surface area (Å²) >= 11 is 1.29. The third-order valence-electron chi connectivity index (χ3n) is 3.32. The first-order chi connectivity index (χ1) is 10.1. The lowest BCUT2D eigenvalue weighted by Gasteiger charge is -2.09. The van der Waals surface area contributed by atoms with E-state index < -0.39 is 0 Å². The summed E-state index contributed by atoms with van der Waals surface area (Å²) in [5.74, 6) is 1.72. The van der Waals surface area contributed by atoms with Crippen molar-refractivity contribution in [3.63, 3.8) is 0 Å². The van der Waals surface area contributed by atoms with Gasteiger partial charge < -0.3 is 13.9 Å². The smallest absolute Gasteiger partial charge is 0.277 e. The number of ether oxygens (including phenoxy) is 2. The van der Waals surface area contributed by atoms with Crippen LogP contribution in [0.1, 0.15) is 21.8 Å². The number of aromatic nitrogens is 2. The molecule has 1 aliphatic rings. The van der Waals surface area contributed by atoms with Crippen molar-refractivity contribution in [2.45, 2.75) is 23.8 Å². The molecule has 1 aromatic heterocycles. The molecular formula is C14H14N2O4S. The maximum Gasteiger partial charge on any atom is 0.277 e. The molecule has 0 aliphatic heterocycles. The van der Waals surface area contributed by atoms with Crippen LogP contribution >= 0.6 is 11.8 Å². The summed E-state index contributed by atoms with van der Waals surface area (Å²) < 4.78 is 15.8. The number of carbonyl (C=O) groups is 1. The van der Waals surface area contributed by atoms with E-state index in [-0.39, 0.29) is 11.0 Å². The van der Waals surface area contributed by atoms with Crippen LogP contribution in [0.25, 0.3) is 0 Å². The summed E-state index contributed by atoms with van der Waals surface area (Å²) in [6, 6.07) is 3.59. The van der Waals surface area contributed by atoms with E-state index in [1.165, 1.54) is 11.8 Å². The molecule has 0 saturated heterocycles. The van der Waals surface area contributed by atoms with E-state index in [9.17, 15) is 4.79 Å². The van der Waals surface area contributed by atoms with Crippen molar-refractivity contribution in [2.24, 2.45) is 0 Å². The zero-order chi connectivity index (χ0) is 15.0. The molecule has 2 aromatic rings. The van der Waals surface area contributed by atoms with Gasteiger partial charge in [0.1, 0.15) is 0 Å². The molecule has 1 aromatic carbocycles. The fraction of sp³-hybridized carbons (Fsp3) is 0.357. The van der Waals surface area contributed by atoms with Crippen molar-refractivity contribution < 1.29 is 18.7 Å². The first-order valence-corrected chi connectivity index (χ1v) is 7.26. The molecule has 0 amide bonds. The number of aryl methyl sites for hydroxylation is 1.